The summed E-state index contributed by atoms with van der Waals surface area (Å²) in [6.45, 7) is 2.85. The van der Waals surface area contributed by atoms with Crippen LogP contribution in [0.5, 0.6) is 0 Å². The first-order chi connectivity index (χ1) is 12.1. The quantitative estimate of drug-likeness (QED) is 0.689. The normalized spacial score (nSPS) is 17.2. The summed E-state index contributed by atoms with van der Waals surface area (Å²) in [7, 11) is 1.84. The van der Waals surface area contributed by atoms with Gasteiger partial charge in [-0.1, -0.05) is 35.9 Å². The number of carbonyl (C=O) groups excluding carboxylic acids is 1. The first-order valence-electron chi connectivity index (χ1n) is 8.20. The van der Waals surface area contributed by atoms with Gasteiger partial charge in [-0.2, -0.15) is 5.10 Å². The molecule has 25 heavy (non-hydrogen) atoms. The lowest BCUT2D eigenvalue weighted by Crippen LogP contribution is -2.31. The molecule has 6 heteroatoms. The summed E-state index contributed by atoms with van der Waals surface area (Å²) in [5, 5.41) is 6.63. The van der Waals surface area contributed by atoms with Crippen molar-refractivity contribution in [3.05, 3.63) is 64.7 Å². The summed E-state index contributed by atoms with van der Waals surface area (Å²) in [6.07, 6.45) is 0. The Morgan fingerprint density at radius 2 is 2.04 bits per heavy atom. The molecule has 0 radical (unpaired) electrons. The third-order valence-electron chi connectivity index (χ3n) is 4.39. The minimum atomic E-state index is 0.0494. The van der Waals surface area contributed by atoms with Crippen LogP contribution in [0.3, 0.4) is 0 Å². The summed E-state index contributed by atoms with van der Waals surface area (Å²) in [4.78, 5) is 16.2. The monoisotopic (exact) mass is 369 g/mol. The van der Waals surface area contributed by atoms with Gasteiger partial charge in [-0.3, -0.25) is 9.48 Å². The van der Waals surface area contributed by atoms with Gasteiger partial charge in [-0.25, -0.2) is 0 Å². The molecule has 1 fully saturated rings. The molecule has 3 heterocycles. The predicted octanol–water partition coefficient (Wildman–Crippen LogP) is 4.34. The highest BCUT2D eigenvalue weighted by Crippen LogP contribution is 2.39. The molecule has 4 rings (SSSR count). The van der Waals surface area contributed by atoms with Crippen LogP contribution < -0.4 is 0 Å². The van der Waals surface area contributed by atoms with Crippen molar-refractivity contribution in [2.24, 2.45) is 7.05 Å². The number of hydrogen-bond donors (Lipinski definition) is 0. The number of nitrogens with zero attached hydrogens (tertiary/aromatic N) is 3. The number of amides is 1. The van der Waals surface area contributed by atoms with Crippen molar-refractivity contribution in [2.45, 2.75) is 12.3 Å². The number of thiophene rings is 1. The topological polar surface area (TPSA) is 38.1 Å². The fourth-order valence-electron chi connectivity index (χ4n) is 3.04. The Bertz CT molecular complexity index is 884. The van der Waals surface area contributed by atoms with Crippen molar-refractivity contribution >= 4 is 29.0 Å². The second-order valence-electron chi connectivity index (χ2n) is 6.15. The highest BCUT2D eigenvalue weighted by Gasteiger charge is 2.32. The van der Waals surface area contributed by atoms with E-state index in [0.29, 0.717) is 5.69 Å². The van der Waals surface area contributed by atoms with Gasteiger partial charge in [0.2, 0.25) is 0 Å². The van der Waals surface area contributed by atoms with Crippen LogP contribution in [-0.4, -0.2) is 32.9 Å². The zero-order valence-corrected chi connectivity index (χ0v) is 15.8. The van der Waals surface area contributed by atoms with Crippen LogP contribution in [0.4, 0.5) is 0 Å². The molecule has 128 valence electrons. The molecule has 0 saturated carbocycles. The maximum absolute atomic E-state index is 13.2. The Hall–Kier alpha value is -2.05. The van der Waals surface area contributed by atoms with Crippen LogP contribution in [0.1, 0.15) is 27.0 Å². The van der Waals surface area contributed by atoms with Gasteiger partial charge in [-0.05, 0) is 30.0 Å². The number of rotatable bonds is 3. The molecule has 0 spiro atoms. The molecule has 1 unspecified atom stereocenters. The largest absolute Gasteiger partial charge is 0.320 e. The van der Waals surface area contributed by atoms with Crippen LogP contribution in [0.25, 0.3) is 10.6 Å². The number of carbonyl (C=O) groups is 1. The van der Waals surface area contributed by atoms with E-state index in [-0.39, 0.29) is 11.3 Å². The Balaban J connectivity index is 1.63. The highest BCUT2D eigenvalue weighted by molar-refractivity contribution is 7.99. The molecular weight excluding hydrogens is 350 g/mol. The summed E-state index contributed by atoms with van der Waals surface area (Å²) in [5.41, 5.74) is 3.92. The molecule has 1 amide bonds. The first-order valence-corrected chi connectivity index (χ1v) is 10.1. The fourth-order valence-corrected chi connectivity index (χ4v) is 4.98. The van der Waals surface area contributed by atoms with Crippen molar-refractivity contribution in [2.75, 3.05) is 12.3 Å². The van der Waals surface area contributed by atoms with E-state index in [1.807, 2.05) is 47.3 Å². The zero-order valence-electron chi connectivity index (χ0n) is 14.2. The third kappa shape index (κ3) is 3.12. The lowest BCUT2D eigenvalue weighted by molar-refractivity contribution is 0.0749. The number of benzene rings is 1. The second kappa shape index (κ2) is 6.69. The van der Waals surface area contributed by atoms with E-state index in [4.69, 9.17) is 0 Å². The lowest BCUT2D eigenvalue weighted by atomic mass is 10.1. The van der Waals surface area contributed by atoms with Gasteiger partial charge in [0.05, 0.1) is 4.88 Å². The van der Waals surface area contributed by atoms with Crippen LogP contribution in [0.2, 0.25) is 0 Å². The SMILES string of the molecule is Cc1ccc(C2SCCN2C(=O)c2cc(-c3cccs3)nn2C)cc1. The molecule has 0 N–H and O–H groups in total. The summed E-state index contributed by atoms with van der Waals surface area (Å²) < 4.78 is 1.70. The van der Waals surface area contributed by atoms with E-state index in [9.17, 15) is 4.79 Å². The Morgan fingerprint density at radius 1 is 1.24 bits per heavy atom. The maximum atomic E-state index is 13.2. The minimum absolute atomic E-state index is 0.0494. The number of aromatic nitrogens is 2. The van der Waals surface area contributed by atoms with E-state index < -0.39 is 0 Å². The van der Waals surface area contributed by atoms with Gasteiger partial charge < -0.3 is 4.90 Å². The number of thioether (sulfide) groups is 1. The third-order valence-corrected chi connectivity index (χ3v) is 6.54. The first kappa shape index (κ1) is 16.4. The minimum Gasteiger partial charge on any atom is -0.320 e. The van der Waals surface area contributed by atoms with Gasteiger partial charge in [-0.15, -0.1) is 23.1 Å². The van der Waals surface area contributed by atoms with E-state index >= 15 is 0 Å². The fraction of sp³-hybridized carbons (Fsp3) is 0.263. The molecule has 1 aliphatic rings. The molecule has 1 aromatic carbocycles. The Labute approximate surface area is 155 Å². The smallest absolute Gasteiger partial charge is 0.273 e. The van der Waals surface area contributed by atoms with Crippen molar-refractivity contribution in [1.29, 1.82) is 0 Å². The van der Waals surface area contributed by atoms with Crippen LogP contribution in [0, 0.1) is 6.92 Å². The number of hydrogen-bond acceptors (Lipinski definition) is 4. The van der Waals surface area contributed by atoms with Crippen molar-refractivity contribution in [3.63, 3.8) is 0 Å². The zero-order chi connectivity index (χ0) is 17.4. The average molecular weight is 370 g/mol. The summed E-state index contributed by atoms with van der Waals surface area (Å²) >= 11 is 3.46. The molecule has 3 aromatic rings. The van der Waals surface area contributed by atoms with Crippen LogP contribution in [0.15, 0.2) is 47.8 Å². The van der Waals surface area contributed by atoms with Gasteiger partial charge in [0.1, 0.15) is 16.8 Å². The second-order valence-corrected chi connectivity index (χ2v) is 8.28. The van der Waals surface area contributed by atoms with Crippen LogP contribution in [-0.2, 0) is 7.05 Å². The van der Waals surface area contributed by atoms with Crippen molar-refractivity contribution in [3.8, 4) is 10.6 Å². The Kier molecular flexibility index (Phi) is 4.39. The molecule has 4 nitrogen and oxygen atoms in total. The molecule has 0 aliphatic carbocycles. The highest BCUT2D eigenvalue weighted by atomic mass is 32.2. The summed E-state index contributed by atoms with van der Waals surface area (Å²) in [6, 6.07) is 14.4. The molecule has 0 bridgehead atoms. The van der Waals surface area contributed by atoms with E-state index in [1.165, 1.54) is 11.1 Å². The van der Waals surface area contributed by atoms with E-state index in [2.05, 4.69) is 36.3 Å². The maximum Gasteiger partial charge on any atom is 0.273 e. The number of aryl methyl sites for hydroxylation is 2. The molecule has 1 aliphatic heterocycles. The van der Waals surface area contributed by atoms with Crippen LogP contribution >= 0.6 is 23.1 Å². The van der Waals surface area contributed by atoms with E-state index in [0.717, 1.165) is 22.9 Å². The van der Waals surface area contributed by atoms with E-state index in [1.54, 1.807) is 16.0 Å². The molecule has 1 saturated heterocycles. The summed E-state index contributed by atoms with van der Waals surface area (Å²) in [5.74, 6) is 1.01. The lowest BCUT2D eigenvalue weighted by Gasteiger charge is -2.24. The molecule has 2 aromatic heterocycles. The van der Waals surface area contributed by atoms with Crippen molar-refractivity contribution in [1.82, 2.24) is 14.7 Å². The van der Waals surface area contributed by atoms with Crippen molar-refractivity contribution < 1.29 is 4.79 Å². The Morgan fingerprint density at radius 3 is 2.76 bits per heavy atom. The molecule has 1 atom stereocenters. The average Bonchev–Trinajstić information content (AvgIpc) is 3.35. The molecular formula is C19H19N3OS2. The standard InChI is InChI=1S/C19H19N3OS2/c1-13-5-7-14(8-6-13)19-22(9-11-25-19)18(23)16-12-15(20-21(16)2)17-4-3-10-24-17/h3-8,10,12,19H,9,11H2,1-2H3. The van der Waals surface area contributed by atoms with Gasteiger partial charge in [0, 0.05) is 19.3 Å². The van der Waals surface area contributed by atoms with Gasteiger partial charge in [0.15, 0.2) is 0 Å². The predicted molar refractivity (Wildman–Crippen MR) is 104 cm³/mol. The van der Waals surface area contributed by atoms with Gasteiger partial charge >= 0.3 is 0 Å². The van der Waals surface area contributed by atoms with Gasteiger partial charge in [0.25, 0.3) is 5.91 Å².